The Morgan fingerprint density at radius 1 is 0.611 bits per heavy atom. The summed E-state index contributed by atoms with van der Waals surface area (Å²) >= 11 is 0. The maximum atomic E-state index is 3.72. The van der Waals surface area contributed by atoms with E-state index in [0.29, 0.717) is 0 Å². The van der Waals surface area contributed by atoms with E-state index in [0.717, 1.165) is 0 Å². The lowest BCUT2D eigenvalue weighted by atomic mass is 10.7. The van der Waals surface area contributed by atoms with Crippen LogP contribution in [0, 0.1) is 0 Å². The second kappa shape index (κ2) is 7.89. The Morgan fingerprint density at radius 3 is 1.06 bits per heavy atom. The summed E-state index contributed by atoms with van der Waals surface area (Å²) in [5, 5.41) is 7.44. The number of aryl methyl sites for hydroxylation is 3. The van der Waals surface area contributed by atoms with Crippen LogP contribution < -0.4 is 0 Å². The summed E-state index contributed by atoms with van der Waals surface area (Å²) in [4.78, 5) is 1.50. The lowest BCUT2D eigenvalue weighted by Gasteiger charge is -1.79. The van der Waals surface area contributed by atoms with E-state index in [4.69, 9.17) is 0 Å². The van der Waals surface area contributed by atoms with Gasteiger partial charge in [-0.25, -0.2) is 0 Å². The normalized spacial score (nSPS) is 8.83. The van der Waals surface area contributed by atoms with Crippen LogP contribution in [-0.2, 0) is 21.1 Å². The number of hydrogen-bond acceptors (Lipinski definition) is 2. The van der Waals surface area contributed by atoms with E-state index in [9.17, 15) is 0 Å². The van der Waals surface area contributed by atoms with E-state index in [2.05, 4.69) is 10.2 Å². The summed E-state index contributed by atoms with van der Waals surface area (Å²) in [5.41, 5.74) is 0. The van der Waals surface area contributed by atoms with Crippen molar-refractivity contribution in [3.05, 3.63) is 61.4 Å². The van der Waals surface area contributed by atoms with Gasteiger partial charge in [-0.2, -0.15) is 15.0 Å². The number of rotatable bonds is 0. The van der Waals surface area contributed by atoms with Crippen molar-refractivity contribution in [2.45, 2.75) is 0 Å². The van der Waals surface area contributed by atoms with Crippen LogP contribution in [0.3, 0.4) is 0 Å². The lowest BCUT2D eigenvalue weighted by Crippen LogP contribution is -1.89. The monoisotopic (exact) mass is 245 g/mol. The van der Waals surface area contributed by atoms with Gasteiger partial charge in [0.2, 0.25) is 0 Å². The molecule has 0 fully saturated rings. The van der Waals surface area contributed by atoms with E-state index < -0.39 is 0 Å². The Hall–Kier alpha value is -2.30. The maximum Gasteiger partial charge on any atom is 0.0692 e. The Balaban J connectivity index is 0.000000135. The number of hydrogen-bond donors (Lipinski definition) is 0. The topological polar surface area (TPSA) is 40.6 Å². The first-order valence-electron chi connectivity index (χ1n) is 5.62. The van der Waals surface area contributed by atoms with Crippen molar-refractivity contribution in [1.29, 1.82) is 0 Å². The highest BCUT2D eigenvalue weighted by Crippen LogP contribution is 1.81. The van der Waals surface area contributed by atoms with Crippen LogP contribution in [0.5, 0.6) is 0 Å². The Bertz CT molecular complexity index is 403. The third-order valence-electron chi connectivity index (χ3n) is 2.04. The highest BCUT2D eigenvalue weighted by molar-refractivity contribution is 4.88. The van der Waals surface area contributed by atoms with E-state index in [1.165, 1.54) is 4.80 Å². The summed E-state index contributed by atoms with van der Waals surface area (Å²) in [6, 6.07) is 8.00. The molecule has 3 aromatic rings. The van der Waals surface area contributed by atoms with Crippen LogP contribution in [0.2, 0.25) is 0 Å². The van der Waals surface area contributed by atoms with Crippen molar-refractivity contribution < 1.29 is 0 Å². The van der Waals surface area contributed by atoms with Gasteiger partial charge in [-0.1, -0.05) is 0 Å². The zero-order valence-electron chi connectivity index (χ0n) is 11.0. The molecule has 0 aliphatic heterocycles. The zero-order valence-corrected chi connectivity index (χ0v) is 11.0. The molecule has 0 aliphatic carbocycles. The molecule has 0 bridgehead atoms. The molecule has 3 rings (SSSR count). The summed E-state index contributed by atoms with van der Waals surface area (Å²) < 4.78 is 4.00. The fourth-order valence-electron chi connectivity index (χ4n) is 1.12. The molecule has 0 saturated carbocycles. The van der Waals surface area contributed by atoms with Gasteiger partial charge in [0.15, 0.2) is 0 Å². The van der Waals surface area contributed by atoms with Crippen molar-refractivity contribution >= 4 is 0 Å². The molecular weight excluding hydrogens is 226 g/mol. The predicted octanol–water partition coefficient (Wildman–Crippen LogP) is 1.87. The molecule has 18 heavy (non-hydrogen) atoms. The molecule has 0 saturated heterocycles. The minimum atomic E-state index is 1.50. The molecule has 0 N–H and O–H groups in total. The Labute approximate surface area is 107 Å². The molecule has 0 atom stereocenters. The molecule has 3 aromatic heterocycles. The van der Waals surface area contributed by atoms with Crippen molar-refractivity contribution in [1.82, 2.24) is 24.1 Å². The predicted molar refractivity (Wildman–Crippen MR) is 71.8 cm³/mol. The first-order chi connectivity index (χ1) is 8.68. The van der Waals surface area contributed by atoms with Crippen LogP contribution in [0.25, 0.3) is 0 Å². The van der Waals surface area contributed by atoms with Gasteiger partial charge in [-0.15, -0.1) is 0 Å². The van der Waals surface area contributed by atoms with Gasteiger partial charge in [0.1, 0.15) is 0 Å². The van der Waals surface area contributed by atoms with Crippen LogP contribution in [0.15, 0.2) is 61.4 Å². The molecule has 5 heteroatoms. The van der Waals surface area contributed by atoms with Crippen molar-refractivity contribution in [3.8, 4) is 0 Å². The maximum absolute atomic E-state index is 3.72. The van der Waals surface area contributed by atoms with Gasteiger partial charge in [0.25, 0.3) is 0 Å². The average molecular weight is 245 g/mol. The minimum absolute atomic E-state index is 1.50. The molecule has 0 spiro atoms. The summed E-state index contributed by atoms with van der Waals surface area (Å²) in [6.07, 6.45) is 11.3. The fourth-order valence-corrected chi connectivity index (χ4v) is 1.12. The molecule has 0 radical (unpaired) electrons. The molecule has 0 amide bonds. The second-order valence-corrected chi connectivity index (χ2v) is 3.72. The van der Waals surface area contributed by atoms with E-state index in [-0.39, 0.29) is 0 Å². The molecule has 0 aromatic carbocycles. The SMILES string of the molecule is Cn1cccc1.Cn1cccc1.Cn1nccn1. The van der Waals surface area contributed by atoms with Crippen LogP contribution >= 0.6 is 0 Å². The highest BCUT2D eigenvalue weighted by Gasteiger charge is 1.70. The molecule has 5 nitrogen and oxygen atoms in total. The van der Waals surface area contributed by atoms with Gasteiger partial charge < -0.3 is 9.13 Å². The zero-order chi connectivity index (χ0) is 13.2. The van der Waals surface area contributed by atoms with E-state index in [1.807, 2.05) is 72.3 Å². The quantitative estimate of drug-likeness (QED) is 0.606. The van der Waals surface area contributed by atoms with Gasteiger partial charge in [-0.3, -0.25) is 0 Å². The Kier molecular flexibility index (Phi) is 6.03. The number of nitrogens with zero attached hydrogens (tertiary/aromatic N) is 5. The van der Waals surface area contributed by atoms with Crippen molar-refractivity contribution in [2.24, 2.45) is 21.1 Å². The molecule has 96 valence electrons. The van der Waals surface area contributed by atoms with Crippen LogP contribution in [-0.4, -0.2) is 24.1 Å². The summed E-state index contributed by atoms with van der Waals surface area (Å²) in [7, 11) is 5.78. The fraction of sp³-hybridized carbons (Fsp3) is 0.231. The molecule has 0 unspecified atom stereocenters. The number of aromatic nitrogens is 5. The highest BCUT2D eigenvalue weighted by atomic mass is 15.4. The van der Waals surface area contributed by atoms with Gasteiger partial charge in [0.05, 0.1) is 12.4 Å². The second-order valence-electron chi connectivity index (χ2n) is 3.72. The first-order valence-corrected chi connectivity index (χ1v) is 5.62. The van der Waals surface area contributed by atoms with Gasteiger partial charge in [-0.05, 0) is 24.3 Å². The van der Waals surface area contributed by atoms with Crippen molar-refractivity contribution in [3.63, 3.8) is 0 Å². The smallest absolute Gasteiger partial charge is 0.0692 e. The minimum Gasteiger partial charge on any atom is -0.357 e. The van der Waals surface area contributed by atoms with E-state index in [1.54, 1.807) is 19.4 Å². The van der Waals surface area contributed by atoms with Gasteiger partial charge >= 0.3 is 0 Å². The van der Waals surface area contributed by atoms with Crippen LogP contribution in [0.1, 0.15) is 0 Å². The molecular formula is C13H19N5. The molecule has 3 heterocycles. The Morgan fingerprint density at radius 2 is 0.944 bits per heavy atom. The van der Waals surface area contributed by atoms with Crippen molar-refractivity contribution in [2.75, 3.05) is 0 Å². The summed E-state index contributed by atoms with van der Waals surface area (Å²) in [6.45, 7) is 0. The first kappa shape index (κ1) is 13.8. The summed E-state index contributed by atoms with van der Waals surface area (Å²) in [5.74, 6) is 0. The van der Waals surface area contributed by atoms with Gasteiger partial charge in [0, 0.05) is 45.9 Å². The van der Waals surface area contributed by atoms with E-state index >= 15 is 0 Å². The van der Waals surface area contributed by atoms with Crippen LogP contribution in [0.4, 0.5) is 0 Å². The largest absolute Gasteiger partial charge is 0.357 e. The third kappa shape index (κ3) is 6.32. The average Bonchev–Trinajstić information content (AvgIpc) is 3.05. The third-order valence-corrected chi connectivity index (χ3v) is 2.04. The standard InChI is InChI=1S/2C5H7N.C3H5N3/c3*1-6-4-2-3-5-6/h2*2-5H,1H3;2-3H,1H3. The lowest BCUT2D eigenvalue weighted by molar-refractivity contribution is 0.654. The molecule has 0 aliphatic rings.